The number of anilines is 2. The van der Waals surface area contributed by atoms with Gasteiger partial charge in [0.15, 0.2) is 0 Å². The molecule has 2 amide bonds. The van der Waals surface area contributed by atoms with Crippen molar-refractivity contribution in [2.45, 2.75) is 0 Å². The molecule has 148 valence electrons. The number of rotatable bonds is 5. The molecular weight excluding hydrogens is 380 g/mol. The zero-order valence-corrected chi connectivity index (χ0v) is 16.1. The van der Waals surface area contributed by atoms with Gasteiger partial charge in [0.05, 0.1) is 24.0 Å². The van der Waals surface area contributed by atoms with E-state index in [1.54, 1.807) is 54.7 Å². The van der Waals surface area contributed by atoms with Crippen LogP contribution in [0.4, 0.5) is 11.4 Å². The van der Waals surface area contributed by atoms with Gasteiger partial charge in [-0.25, -0.2) is 4.98 Å². The minimum absolute atomic E-state index is 0.115. The molecule has 2 heterocycles. The van der Waals surface area contributed by atoms with E-state index in [-0.39, 0.29) is 11.4 Å². The Labute approximate surface area is 172 Å². The van der Waals surface area contributed by atoms with Gasteiger partial charge in [0, 0.05) is 11.6 Å². The van der Waals surface area contributed by atoms with E-state index < -0.39 is 11.8 Å². The number of fused-ring (bicyclic) bond motifs is 1. The molecule has 7 nitrogen and oxygen atoms in total. The maximum atomic E-state index is 12.7. The smallest absolute Gasteiger partial charge is 0.274 e. The van der Waals surface area contributed by atoms with Crippen LogP contribution in [0, 0.1) is 0 Å². The first-order valence-corrected chi connectivity index (χ1v) is 9.22. The number of methoxy groups -OCH3 is 1. The lowest BCUT2D eigenvalue weighted by Gasteiger charge is -2.10. The number of benzene rings is 2. The molecule has 2 N–H and O–H groups in total. The maximum absolute atomic E-state index is 12.7. The third-order valence-corrected chi connectivity index (χ3v) is 4.45. The second kappa shape index (κ2) is 8.40. The molecule has 0 bridgehead atoms. The van der Waals surface area contributed by atoms with Gasteiger partial charge in [-0.1, -0.05) is 36.4 Å². The van der Waals surface area contributed by atoms with E-state index in [0.717, 1.165) is 5.39 Å². The second-order valence-corrected chi connectivity index (χ2v) is 6.40. The van der Waals surface area contributed by atoms with Gasteiger partial charge < -0.3 is 15.4 Å². The zero-order chi connectivity index (χ0) is 20.9. The minimum atomic E-state index is -0.444. The molecule has 2 aromatic carbocycles. The van der Waals surface area contributed by atoms with E-state index in [0.29, 0.717) is 22.6 Å². The van der Waals surface area contributed by atoms with Crippen LogP contribution in [-0.4, -0.2) is 28.9 Å². The standard InChI is InChI=1S/C23H18N4O3/c1-30-20-13-3-2-9-16(20)26-22(28)18-11-5-12-19(25-18)23(29)27-17-10-4-7-15-8-6-14-24-21(15)17/h2-14H,1H3,(H,26,28)(H,27,29). The van der Waals surface area contributed by atoms with Crippen molar-refractivity contribution in [3.8, 4) is 5.75 Å². The van der Waals surface area contributed by atoms with E-state index in [4.69, 9.17) is 4.74 Å². The highest BCUT2D eigenvalue weighted by atomic mass is 16.5. The molecule has 0 atom stereocenters. The molecular formula is C23H18N4O3. The predicted octanol–water partition coefficient (Wildman–Crippen LogP) is 4.14. The van der Waals surface area contributed by atoms with E-state index in [9.17, 15) is 9.59 Å². The monoisotopic (exact) mass is 398 g/mol. The number of amides is 2. The Morgan fingerprint density at radius 2 is 1.40 bits per heavy atom. The number of nitrogens with one attached hydrogen (secondary N) is 2. The van der Waals surface area contributed by atoms with E-state index >= 15 is 0 Å². The van der Waals surface area contributed by atoms with Gasteiger partial charge in [-0.2, -0.15) is 0 Å². The Bertz CT molecular complexity index is 1230. The lowest BCUT2D eigenvalue weighted by molar-refractivity contribution is 0.101. The lowest BCUT2D eigenvalue weighted by atomic mass is 10.2. The van der Waals surface area contributed by atoms with Gasteiger partial charge in [-0.15, -0.1) is 0 Å². The van der Waals surface area contributed by atoms with Crippen molar-refractivity contribution in [3.63, 3.8) is 0 Å². The summed E-state index contributed by atoms with van der Waals surface area (Å²) in [6, 6.07) is 21.0. The molecule has 0 aliphatic carbocycles. The topological polar surface area (TPSA) is 93.2 Å². The number of hydrogen-bond donors (Lipinski definition) is 2. The number of nitrogens with zero attached hydrogens (tertiary/aromatic N) is 2. The van der Waals surface area contributed by atoms with Crippen molar-refractivity contribution in [2.24, 2.45) is 0 Å². The number of aromatic nitrogens is 2. The van der Waals surface area contributed by atoms with Crippen LogP contribution < -0.4 is 15.4 Å². The Hall–Kier alpha value is -4.26. The van der Waals surface area contributed by atoms with Crippen LogP contribution in [0.15, 0.2) is 79.0 Å². The van der Waals surface area contributed by atoms with Crippen molar-refractivity contribution in [2.75, 3.05) is 17.7 Å². The van der Waals surface area contributed by atoms with Gasteiger partial charge >= 0.3 is 0 Å². The summed E-state index contributed by atoms with van der Waals surface area (Å²) in [5.41, 5.74) is 2.01. The van der Waals surface area contributed by atoms with Crippen LogP contribution in [-0.2, 0) is 0 Å². The molecule has 0 saturated carbocycles. The third kappa shape index (κ3) is 3.95. The highest BCUT2D eigenvalue weighted by Gasteiger charge is 2.15. The van der Waals surface area contributed by atoms with Gasteiger partial charge in [-0.05, 0) is 36.4 Å². The number of carbonyl (C=O) groups excluding carboxylic acids is 2. The van der Waals surface area contributed by atoms with Crippen LogP contribution in [0.2, 0.25) is 0 Å². The fraction of sp³-hybridized carbons (Fsp3) is 0.0435. The van der Waals surface area contributed by atoms with Crippen LogP contribution >= 0.6 is 0 Å². The summed E-state index contributed by atoms with van der Waals surface area (Å²) in [7, 11) is 1.52. The molecule has 0 fully saturated rings. The summed E-state index contributed by atoms with van der Waals surface area (Å²) >= 11 is 0. The molecule has 4 rings (SSSR count). The van der Waals surface area contributed by atoms with Crippen LogP contribution in [0.25, 0.3) is 10.9 Å². The Morgan fingerprint density at radius 1 is 0.767 bits per heavy atom. The fourth-order valence-electron chi connectivity index (χ4n) is 3.01. The quantitative estimate of drug-likeness (QED) is 0.527. The molecule has 0 aliphatic heterocycles. The van der Waals surface area contributed by atoms with Crippen molar-refractivity contribution >= 4 is 34.1 Å². The summed E-state index contributed by atoms with van der Waals surface area (Å²) in [6.45, 7) is 0. The second-order valence-electron chi connectivity index (χ2n) is 6.40. The first kappa shape index (κ1) is 19.1. The van der Waals surface area contributed by atoms with Crippen molar-refractivity contribution in [1.29, 1.82) is 0 Å². The van der Waals surface area contributed by atoms with Crippen molar-refractivity contribution in [3.05, 3.63) is 90.4 Å². The molecule has 2 aromatic heterocycles. The van der Waals surface area contributed by atoms with Gasteiger partial charge in [0.2, 0.25) is 0 Å². The van der Waals surface area contributed by atoms with E-state index in [2.05, 4.69) is 20.6 Å². The number of para-hydroxylation sites is 3. The van der Waals surface area contributed by atoms with Crippen LogP contribution in [0.3, 0.4) is 0 Å². The Kier molecular flexibility index (Phi) is 5.34. The summed E-state index contributed by atoms with van der Waals surface area (Å²) < 4.78 is 5.24. The first-order valence-electron chi connectivity index (χ1n) is 9.22. The number of ether oxygens (including phenoxy) is 1. The molecule has 0 spiro atoms. The minimum Gasteiger partial charge on any atom is -0.495 e. The average Bonchev–Trinajstić information content (AvgIpc) is 2.79. The SMILES string of the molecule is COc1ccccc1NC(=O)c1cccc(C(=O)Nc2cccc3cccnc23)n1. The van der Waals surface area contributed by atoms with Gasteiger partial charge in [-0.3, -0.25) is 14.6 Å². The summed E-state index contributed by atoms with van der Waals surface area (Å²) in [6.07, 6.45) is 1.67. The largest absolute Gasteiger partial charge is 0.495 e. The number of carbonyl (C=O) groups is 2. The lowest BCUT2D eigenvalue weighted by Crippen LogP contribution is -2.19. The predicted molar refractivity (Wildman–Crippen MR) is 115 cm³/mol. The van der Waals surface area contributed by atoms with Crippen LogP contribution in [0.5, 0.6) is 5.75 Å². The molecule has 0 aliphatic rings. The molecule has 0 unspecified atom stereocenters. The highest BCUT2D eigenvalue weighted by Crippen LogP contribution is 2.24. The Balaban J connectivity index is 1.55. The number of hydrogen-bond acceptors (Lipinski definition) is 5. The first-order chi connectivity index (χ1) is 14.7. The summed E-state index contributed by atoms with van der Waals surface area (Å²) in [5.74, 6) is -0.343. The molecule has 30 heavy (non-hydrogen) atoms. The number of pyridine rings is 2. The van der Waals surface area contributed by atoms with E-state index in [1.807, 2.05) is 24.3 Å². The molecule has 7 heteroatoms. The highest BCUT2D eigenvalue weighted by molar-refractivity contribution is 6.08. The normalized spacial score (nSPS) is 10.4. The van der Waals surface area contributed by atoms with E-state index in [1.165, 1.54) is 7.11 Å². The average molecular weight is 398 g/mol. The van der Waals surface area contributed by atoms with Crippen molar-refractivity contribution < 1.29 is 14.3 Å². The molecule has 0 radical (unpaired) electrons. The molecule has 4 aromatic rings. The van der Waals surface area contributed by atoms with Crippen molar-refractivity contribution in [1.82, 2.24) is 9.97 Å². The third-order valence-electron chi connectivity index (χ3n) is 4.45. The fourth-order valence-corrected chi connectivity index (χ4v) is 3.01. The van der Waals surface area contributed by atoms with Crippen LogP contribution in [0.1, 0.15) is 21.0 Å². The van der Waals surface area contributed by atoms with Gasteiger partial charge in [0.25, 0.3) is 11.8 Å². The summed E-state index contributed by atoms with van der Waals surface area (Å²) in [4.78, 5) is 33.9. The molecule has 0 saturated heterocycles. The Morgan fingerprint density at radius 3 is 2.17 bits per heavy atom. The zero-order valence-electron chi connectivity index (χ0n) is 16.1. The van der Waals surface area contributed by atoms with Gasteiger partial charge in [0.1, 0.15) is 17.1 Å². The maximum Gasteiger partial charge on any atom is 0.274 e. The summed E-state index contributed by atoms with van der Waals surface area (Å²) in [5, 5.41) is 6.48.